The van der Waals surface area contributed by atoms with E-state index in [0.717, 1.165) is 5.69 Å². The van der Waals surface area contributed by atoms with Crippen LogP contribution in [0.3, 0.4) is 0 Å². The summed E-state index contributed by atoms with van der Waals surface area (Å²) >= 11 is 0. The molecule has 0 amide bonds. The van der Waals surface area contributed by atoms with Crippen LogP contribution in [-0.2, 0) is 0 Å². The highest BCUT2D eigenvalue weighted by molar-refractivity contribution is 5.37. The Morgan fingerprint density at radius 3 is 2.40 bits per heavy atom. The van der Waals surface area contributed by atoms with Crippen molar-refractivity contribution in [1.82, 2.24) is 4.57 Å². The molecule has 0 aliphatic rings. The minimum Gasteiger partial charge on any atom is -0.479 e. The van der Waals surface area contributed by atoms with Crippen molar-refractivity contribution in [2.45, 2.75) is 0 Å². The molecule has 74 valence electrons. The first-order chi connectivity index (χ1) is 7.40. The molecule has 0 atom stereocenters. The highest BCUT2D eigenvalue weighted by Gasteiger charge is 1.95. The first kappa shape index (κ1) is 9.35. The van der Waals surface area contributed by atoms with E-state index in [2.05, 4.69) is 0 Å². The minimum atomic E-state index is 0.0862. The van der Waals surface area contributed by atoms with Crippen molar-refractivity contribution in [3.63, 3.8) is 0 Å². The Hall–Kier alpha value is -2.21. The summed E-state index contributed by atoms with van der Waals surface area (Å²) in [7, 11) is 0. The van der Waals surface area contributed by atoms with Crippen molar-refractivity contribution in [2.75, 3.05) is 6.61 Å². The fourth-order valence-corrected chi connectivity index (χ4v) is 1.34. The van der Waals surface area contributed by atoms with E-state index in [0.29, 0.717) is 5.75 Å². The smallest absolute Gasteiger partial charge is 0.174 e. The zero-order valence-corrected chi connectivity index (χ0v) is 8.13. The van der Waals surface area contributed by atoms with Crippen molar-refractivity contribution in [2.24, 2.45) is 0 Å². The van der Waals surface area contributed by atoms with Crippen LogP contribution in [0.5, 0.6) is 5.75 Å². The molecule has 1 aromatic heterocycles. The molecule has 0 radical (unpaired) electrons. The van der Waals surface area contributed by atoms with Crippen LogP contribution in [0.2, 0.25) is 0 Å². The van der Waals surface area contributed by atoms with Gasteiger partial charge in [0.25, 0.3) is 0 Å². The Balaban J connectivity index is 2.15. The summed E-state index contributed by atoms with van der Waals surface area (Å²) in [6, 6.07) is 13.5. The van der Waals surface area contributed by atoms with Gasteiger partial charge >= 0.3 is 0 Å². The standard InChI is InChI=1S/C12H10N2O/c13-7-10-15-12-5-3-11(4-6-12)14-8-1-2-9-14/h1-6,8-9H,10H2. The van der Waals surface area contributed by atoms with Crippen molar-refractivity contribution < 1.29 is 4.74 Å². The first-order valence-corrected chi connectivity index (χ1v) is 4.63. The van der Waals surface area contributed by atoms with Crippen LogP contribution in [0.4, 0.5) is 0 Å². The summed E-state index contributed by atoms with van der Waals surface area (Å²) in [6.45, 7) is 0.0862. The Morgan fingerprint density at radius 2 is 1.80 bits per heavy atom. The quantitative estimate of drug-likeness (QED) is 0.759. The summed E-state index contributed by atoms with van der Waals surface area (Å²) in [5, 5.41) is 8.35. The van der Waals surface area contributed by atoms with Crippen LogP contribution < -0.4 is 4.74 Å². The van der Waals surface area contributed by atoms with Gasteiger partial charge in [0, 0.05) is 18.1 Å². The van der Waals surface area contributed by atoms with Gasteiger partial charge in [-0.2, -0.15) is 5.26 Å². The van der Waals surface area contributed by atoms with Gasteiger partial charge in [-0.1, -0.05) is 0 Å². The van der Waals surface area contributed by atoms with Gasteiger partial charge in [0.1, 0.15) is 11.8 Å². The van der Waals surface area contributed by atoms with Crippen LogP contribution in [0.15, 0.2) is 48.8 Å². The zero-order valence-electron chi connectivity index (χ0n) is 8.13. The minimum absolute atomic E-state index is 0.0862. The molecule has 0 saturated heterocycles. The lowest BCUT2D eigenvalue weighted by atomic mass is 10.3. The van der Waals surface area contributed by atoms with Gasteiger partial charge in [0.05, 0.1) is 0 Å². The Bertz CT molecular complexity index is 451. The summed E-state index contributed by atoms with van der Waals surface area (Å²) in [5.41, 5.74) is 1.07. The summed E-state index contributed by atoms with van der Waals surface area (Å²) in [4.78, 5) is 0. The molecule has 0 unspecified atom stereocenters. The molecule has 1 heterocycles. The van der Waals surface area contributed by atoms with Crippen LogP contribution in [-0.4, -0.2) is 11.2 Å². The third-order valence-corrected chi connectivity index (χ3v) is 2.04. The van der Waals surface area contributed by atoms with E-state index in [1.54, 1.807) is 0 Å². The third kappa shape index (κ3) is 2.18. The van der Waals surface area contributed by atoms with E-state index in [4.69, 9.17) is 10.00 Å². The average Bonchev–Trinajstić information content (AvgIpc) is 2.80. The van der Waals surface area contributed by atoms with Gasteiger partial charge in [0.2, 0.25) is 0 Å². The van der Waals surface area contributed by atoms with Gasteiger partial charge in [0.15, 0.2) is 6.61 Å². The van der Waals surface area contributed by atoms with Crippen molar-refractivity contribution in [1.29, 1.82) is 5.26 Å². The van der Waals surface area contributed by atoms with E-state index in [1.807, 2.05) is 59.4 Å². The van der Waals surface area contributed by atoms with Crippen LogP contribution >= 0.6 is 0 Å². The maximum absolute atomic E-state index is 8.35. The van der Waals surface area contributed by atoms with Crippen molar-refractivity contribution >= 4 is 0 Å². The highest BCUT2D eigenvalue weighted by Crippen LogP contribution is 2.15. The lowest BCUT2D eigenvalue weighted by molar-refractivity contribution is 0.368. The van der Waals surface area contributed by atoms with Gasteiger partial charge in [-0.15, -0.1) is 0 Å². The summed E-state index contributed by atoms with van der Waals surface area (Å²) in [6.07, 6.45) is 3.95. The lowest BCUT2D eigenvalue weighted by Crippen LogP contribution is -1.94. The number of nitrogens with zero attached hydrogens (tertiary/aromatic N) is 2. The number of benzene rings is 1. The lowest BCUT2D eigenvalue weighted by Gasteiger charge is -2.04. The molecular formula is C12H10N2O. The molecule has 1 aromatic carbocycles. The van der Waals surface area contributed by atoms with Gasteiger partial charge < -0.3 is 9.30 Å². The number of aromatic nitrogens is 1. The first-order valence-electron chi connectivity index (χ1n) is 4.63. The number of hydrogen-bond donors (Lipinski definition) is 0. The summed E-state index contributed by atoms with van der Waals surface area (Å²) < 4.78 is 7.17. The predicted molar refractivity (Wildman–Crippen MR) is 56.9 cm³/mol. The zero-order chi connectivity index (χ0) is 10.5. The topological polar surface area (TPSA) is 37.9 Å². The predicted octanol–water partition coefficient (Wildman–Crippen LogP) is 2.38. The van der Waals surface area contributed by atoms with Gasteiger partial charge in [-0.25, -0.2) is 0 Å². The van der Waals surface area contributed by atoms with E-state index in [9.17, 15) is 0 Å². The molecule has 0 spiro atoms. The van der Waals surface area contributed by atoms with E-state index >= 15 is 0 Å². The molecular weight excluding hydrogens is 188 g/mol. The maximum atomic E-state index is 8.35. The van der Waals surface area contributed by atoms with Crippen LogP contribution in [0.1, 0.15) is 0 Å². The largest absolute Gasteiger partial charge is 0.479 e. The van der Waals surface area contributed by atoms with Crippen LogP contribution in [0.25, 0.3) is 5.69 Å². The molecule has 0 aliphatic heterocycles. The van der Waals surface area contributed by atoms with E-state index in [-0.39, 0.29) is 6.61 Å². The molecule has 0 aliphatic carbocycles. The SMILES string of the molecule is N#CCOc1ccc(-n2cccc2)cc1. The molecule has 3 heteroatoms. The van der Waals surface area contributed by atoms with E-state index < -0.39 is 0 Å². The Labute approximate surface area is 88.1 Å². The summed E-state index contributed by atoms with van der Waals surface area (Å²) in [5.74, 6) is 0.715. The van der Waals surface area contributed by atoms with E-state index in [1.165, 1.54) is 0 Å². The normalized spacial score (nSPS) is 9.53. The molecule has 0 N–H and O–H groups in total. The second-order valence-corrected chi connectivity index (χ2v) is 3.03. The second kappa shape index (κ2) is 4.34. The molecule has 3 nitrogen and oxygen atoms in total. The maximum Gasteiger partial charge on any atom is 0.174 e. The molecule has 2 aromatic rings. The number of rotatable bonds is 3. The fourth-order valence-electron chi connectivity index (χ4n) is 1.34. The highest BCUT2D eigenvalue weighted by atomic mass is 16.5. The molecule has 0 bridgehead atoms. The molecule has 0 fully saturated rings. The Morgan fingerprint density at radius 1 is 1.13 bits per heavy atom. The Kier molecular flexibility index (Phi) is 2.70. The molecule has 2 rings (SSSR count). The third-order valence-electron chi connectivity index (χ3n) is 2.04. The number of ether oxygens (including phenoxy) is 1. The second-order valence-electron chi connectivity index (χ2n) is 3.03. The monoisotopic (exact) mass is 198 g/mol. The van der Waals surface area contributed by atoms with Gasteiger partial charge in [-0.05, 0) is 36.4 Å². The number of nitriles is 1. The van der Waals surface area contributed by atoms with Crippen LogP contribution in [0, 0.1) is 11.3 Å². The van der Waals surface area contributed by atoms with Crippen molar-refractivity contribution in [3.8, 4) is 17.5 Å². The fraction of sp³-hybridized carbons (Fsp3) is 0.0833. The number of hydrogen-bond acceptors (Lipinski definition) is 2. The van der Waals surface area contributed by atoms with Crippen molar-refractivity contribution in [3.05, 3.63) is 48.8 Å². The molecule has 15 heavy (non-hydrogen) atoms. The average molecular weight is 198 g/mol. The van der Waals surface area contributed by atoms with Gasteiger partial charge in [-0.3, -0.25) is 0 Å². The molecule has 0 saturated carbocycles.